The largest absolute Gasteiger partial charge is 1.00 e. The molecular formula is C9H13BrN2. The Hall–Kier alpha value is -0.570. The molecule has 12 heavy (non-hydrogen) atoms. The Labute approximate surface area is 83.4 Å². The quantitative estimate of drug-likeness (QED) is 0.550. The van der Waals surface area contributed by atoms with E-state index in [9.17, 15) is 0 Å². The van der Waals surface area contributed by atoms with Crippen LogP contribution < -0.4 is 26.9 Å². The number of halogens is 1. The summed E-state index contributed by atoms with van der Waals surface area (Å²) >= 11 is 0. The van der Waals surface area contributed by atoms with E-state index in [0.717, 1.165) is 0 Å². The molecule has 1 aromatic heterocycles. The van der Waals surface area contributed by atoms with Crippen LogP contribution in [0.5, 0.6) is 0 Å². The SMILES string of the molecule is [Br-].c1cc(N2CCCC2)cc[nH+]1. The third-order valence-electron chi connectivity index (χ3n) is 2.17. The molecule has 0 atom stereocenters. The molecule has 0 aliphatic carbocycles. The van der Waals surface area contributed by atoms with Gasteiger partial charge >= 0.3 is 0 Å². The molecule has 0 unspecified atom stereocenters. The molecule has 2 heterocycles. The summed E-state index contributed by atoms with van der Waals surface area (Å²) in [7, 11) is 0. The van der Waals surface area contributed by atoms with Crippen LogP contribution in [-0.2, 0) is 0 Å². The highest BCUT2D eigenvalue weighted by atomic mass is 79.9. The lowest BCUT2D eigenvalue weighted by molar-refractivity contribution is -0.377. The molecule has 66 valence electrons. The number of nitrogens with one attached hydrogen (secondary N) is 1. The summed E-state index contributed by atoms with van der Waals surface area (Å²) in [4.78, 5) is 5.45. The predicted octanol–water partition coefficient (Wildman–Crippen LogP) is -1.90. The van der Waals surface area contributed by atoms with Crippen LogP contribution >= 0.6 is 0 Å². The molecule has 1 fully saturated rings. The van der Waals surface area contributed by atoms with Crippen LogP contribution in [0.1, 0.15) is 12.8 Å². The summed E-state index contributed by atoms with van der Waals surface area (Å²) < 4.78 is 0. The number of anilines is 1. The Balaban J connectivity index is 0.000000720. The van der Waals surface area contributed by atoms with E-state index in [1.54, 1.807) is 0 Å². The Morgan fingerprint density at radius 1 is 1.08 bits per heavy atom. The fourth-order valence-corrected chi connectivity index (χ4v) is 1.56. The Bertz CT molecular complexity index is 219. The van der Waals surface area contributed by atoms with Gasteiger partial charge in [0.25, 0.3) is 0 Å². The first kappa shape index (κ1) is 9.52. The van der Waals surface area contributed by atoms with Crippen LogP contribution in [0, 0.1) is 0 Å². The molecule has 0 bridgehead atoms. The van der Waals surface area contributed by atoms with Gasteiger partial charge in [-0.2, -0.15) is 0 Å². The molecule has 0 spiro atoms. The van der Waals surface area contributed by atoms with Gasteiger partial charge < -0.3 is 21.9 Å². The molecule has 0 radical (unpaired) electrons. The van der Waals surface area contributed by atoms with Crippen molar-refractivity contribution >= 4 is 5.69 Å². The van der Waals surface area contributed by atoms with Crippen LogP contribution in [0.2, 0.25) is 0 Å². The van der Waals surface area contributed by atoms with Crippen molar-refractivity contribution < 1.29 is 22.0 Å². The van der Waals surface area contributed by atoms with Crippen molar-refractivity contribution in [3.63, 3.8) is 0 Å². The van der Waals surface area contributed by atoms with Gasteiger partial charge in [-0.3, -0.25) is 0 Å². The van der Waals surface area contributed by atoms with E-state index in [0.29, 0.717) is 0 Å². The third kappa shape index (κ3) is 1.97. The van der Waals surface area contributed by atoms with Crippen molar-refractivity contribution in [3.05, 3.63) is 24.5 Å². The first-order chi connectivity index (χ1) is 5.47. The van der Waals surface area contributed by atoms with E-state index in [4.69, 9.17) is 0 Å². The highest BCUT2D eigenvalue weighted by Crippen LogP contribution is 2.17. The van der Waals surface area contributed by atoms with Gasteiger partial charge in [0.15, 0.2) is 12.4 Å². The molecular weight excluding hydrogens is 216 g/mol. The highest BCUT2D eigenvalue weighted by molar-refractivity contribution is 5.44. The first-order valence-electron chi connectivity index (χ1n) is 4.18. The monoisotopic (exact) mass is 228 g/mol. The first-order valence-corrected chi connectivity index (χ1v) is 4.18. The fourth-order valence-electron chi connectivity index (χ4n) is 1.56. The Morgan fingerprint density at radius 3 is 2.25 bits per heavy atom. The highest BCUT2D eigenvalue weighted by Gasteiger charge is 2.11. The number of H-pyrrole nitrogens is 1. The zero-order valence-corrected chi connectivity index (χ0v) is 8.55. The van der Waals surface area contributed by atoms with Gasteiger partial charge in [-0.25, -0.2) is 4.98 Å². The zero-order valence-electron chi connectivity index (χ0n) is 6.96. The number of pyridine rings is 1. The van der Waals surface area contributed by atoms with E-state index in [1.807, 2.05) is 12.4 Å². The van der Waals surface area contributed by atoms with E-state index < -0.39 is 0 Å². The molecule has 0 aromatic carbocycles. The van der Waals surface area contributed by atoms with Crippen molar-refractivity contribution in [3.8, 4) is 0 Å². The summed E-state index contributed by atoms with van der Waals surface area (Å²) in [5, 5.41) is 0. The van der Waals surface area contributed by atoms with Gasteiger partial charge in [0.05, 0.1) is 0 Å². The predicted molar refractivity (Wildman–Crippen MR) is 44.4 cm³/mol. The molecule has 2 nitrogen and oxygen atoms in total. The lowest BCUT2D eigenvalue weighted by Gasteiger charge is -2.15. The number of hydrogen-bond acceptors (Lipinski definition) is 1. The van der Waals surface area contributed by atoms with E-state index in [-0.39, 0.29) is 17.0 Å². The van der Waals surface area contributed by atoms with Crippen molar-refractivity contribution in [1.29, 1.82) is 0 Å². The van der Waals surface area contributed by atoms with Gasteiger partial charge in [-0.05, 0) is 12.8 Å². The maximum absolute atomic E-state index is 3.03. The van der Waals surface area contributed by atoms with Crippen molar-refractivity contribution in [1.82, 2.24) is 0 Å². The minimum Gasteiger partial charge on any atom is -1.00 e. The average Bonchev–Trinajstić information content (AvgIpc) is 2.58. The molecule has 1 N–H and O–H groups in total. The van der Waals surface area contributed by atoms with Crippen molar-refractivity contribution in [2.24, 2.45) is 0 Å². The summed E-state index contributed by atoms with van der Waals surface area (Å²) in [6.07, 6.45) is 6.65. The van der Waals surface area contributed by atoms with Crippen LogP contribution in [0.15, 0.2) is 24.5 Å². The lowest BCUT2D eigenvalue weighted by atomic mass is 10.4. The van der Waals surface area contributed by atoms with Gasteiger partial charge in [-0.1, -0.05) is 0 Å². The summed E-state index contributed by atoms with van der Waals surface area (Å²) in [6.45, 7) is 2.45. The maximum Gasteiger partial charge on any atom is 0.169 e. The zero-order chi connectivity index (χ0) is 7.52. The number of hydrogen-bond donors (Lipinski definition) is 0. The van der Waals surface area contributed by atoms with E-state index >= 15 is 0 Å². The second-order valence-electron chi connectivity index (χ2n) is 2.95. The average molecular weight is 229 g/mol. The lowest BCUT2D eigenvalue weighted by Crippen LogP contribution is -3.00. The minimum absolute atomic E-state index is 0. The van der Waals surface area contributed by atoms with Crippen LogP contribution in [0.25, 0.3) is 0 Å². The molecule has 0 saturated carbocycles. The van der Waals surface area contributed by atoms with Crippen LogP contribution in [0.3, 0.4) is 0 Å². The molecule has 2 rings (SSSR count). The summed E-state index contributed by atoms with van der Waals surface area (Å²) in [6, 6.07) is 4.26. The molecule has 1 aliphatic heterocycles. The van der Waals surface area contributed by atoms with Crippen molar-refractivity contribution in [2.75, 3.05) is 18.0 Å². The topological polar surface area (TPSA) is 17.4 Å². The van der Waals surface area contributed by atoms with Crippen LogP contribution in [0.4, 0.5) is 5.69 Å². The second kappa shape index (κ2) is 4.45. The maximum atomic E-state index is 3.03. The fraction of sp³-hybridized carbons (Fsp3) is 0.444. The normalized spacial score (nSPS) is 15.8. The molecule has 1 aromatic rings. The molecule has 1 aliphatic rings. The minimum atomic E-state index is 0. The van der Waals surface area contributed by atoms with Crippen LogP contribution in [-0.4, -0.2) is 13.1 Å². The molecule has 1 saturated heterocycles. The van der Waals surface area contributed by atoms with Crippen molar-refractivity contribution in [2.45, 2.75) is 12.8 Å². The number of aromatic amines is 1. The number of nitrogens with zero attached hydrogens (tertiary/aromatic N) is 1. The second-order valence-corrected chi connectivity index (χ2v) is 2.95. The number of rotatable bonds is 1. The van der Waals surface area contributed by atoms with Gasteiger partial charge in [0, 0.05) is 30.9 Å². The van der Waals surface area contributed by atoms with E-state index in [1.165, 1.54) is 31.6 Å². The standard InChI is InChI=1S/C9H12N2.BrH/c1-2-8-11(7-1)9-3-5-10-6-4-9;/h3-6H,1-2,7-8H2;1H. The van der Waals surface area contributed by atoms with Gasteiger partial charge in [0.1, 0.15) is 0 Å². The smallest absolute Gasteiger partial charge is 0.169 e. The molecule has 3 heteroatoms. The Morgan fingerprint density at radius 2 is 1.67 bits per heavy atom. The molecule has 0 amide bonds. The Kier molecular flexibility index (Phi) is 3.53. The van der Waals surface area contributed by atoms with E-state index in [2.05, 4.69) is 22.0 Å². The summed E-state index contributed by atoms with van der Waals surface area (Å²) in [5.74, 6) is 0. The summed E-state index contributed by atoms with van der Waals surface area (Å²) in [5.41, 5.74) is 1.35. The van der Waals surface area contributed by atoms with Gasteiger partial charge in [0.2, 0.25) is 0 Å². The third-order valence-corrected chi connectivity index (χ3v) is 2.17. The number of aromatic nitrogens is 1. The van der Waals surface area contributed by atoms with Gasteiger partial charge in [-0.15, -0.1) is 0 Å².